The van der Waals surface area contributed by atoms with E-state index in [-0.39, 0.29) is 5.56 Å². The molecule has 0 radical (unpaired) electrons. The number of benzene rings is 3. The van der Waals surface area contributed by atoms with Crippen molar-refractivity contribution in [1.82, 2.24) is 0 Å². The number of carbonyl (C=O) groups is 2. The lowest BCUT2D eigenvalue weighted by Crippen LogP contribution is -2.21. The summed E-state index contributed by atoms with van der Waals surface area (Å²) in [7, 11) is 0. The summed E-state index contributed by atoms with van der Waals surface area (Å²) in [6, 6.07) is 18.3. The molecule has 0 aromatic heterocycles. The highest BCUT2D eigenvalue weighted by Gasteiger charge is 2.15. The van der Waals surface area contributed by atoms with Crippen molar-refractivity contribution in [2.75, 3.05) is 17.2 Å². The van der Waals surface area contributed by atoms with Gasteiger partial charge in [-0.05, 0) is 70.5 Å². The van der Waals surface area contributed by atoms with E-state index in [1.807, 2.05) is 0 Å². The Morgan fingerprint density at radius 3 is 2.38 bits per heavy atom. The zero-order valence-corrected chi connectivity index (χ0v) is 20.3. The van der Waals surface area contributed by atoms with Crippen molar-refractivity contribution in [3.63, 3.8) is 0 Å². The third kappa shape index (κ3) is 7.04. The van der Waals surface area contributed by atoms with E-state index >= 15 is 0 Å². The number of para-hydroxylation sites is 1. The summed E-state index contributed by atoms with van der Waals surface area (Å²) < 4.78 is 31.6. The van der Waals surface area contributed by atoms with Crippen molar-refractivity contribution in [2.24, 2.45) is 0 Å². The lowest BCUT2D eigenvalue weighted by Gasteiger charge is -2.13. The van der Waals surface area contributed by atoms with E-state index in [2.05, 4.69) is 42.5 Å². The van der Waals surface area contributed by atoms with Gasteiger partial charge in [-0.1, -0.05) is 39.8 Å². The van der Waals surface area contributed by atoms with Crippen LogP contribution in [0.15, 0.2) is 80.6 Å². The number of carbonyl (C=O) groups excluding carboxylic acids is 2. The number of rotatable bonds is 8. The van der Waals surface area contributed by atoms with E-state index in [1.54, 1.807) is 66.7 Å². The number of esters is 1. The molecule has 10 heteroatoms. The molecule has 0 bridgehead atoms. The minimum absolute atomic E-state index is 0.233. The highest BCUT2D eigenvalue weighted by Crippen LogP contribution is 2.28. The Bertz CT molecular complexity index is 1110. The van der Waals surface area contributed by atoms with Gasteiger partial charge < -0.3 is 15.4 Å². The van der Waals surface area contributed by atoms with Crippen LogP contribution < -0.4 is 10.6 Å². The molecule has 0 aliphatic carbocycles. The van der Waals surface area contributed by atoms with Crippen LogP contribution in [0.4, 0.5) is 25.8 Å². The maximum absolute atomic E-state index is 12.6. The molecule has 3 aromatic rings. The number of hydrogen-bond donors (Lipinski definition) is 2. The second-order valence-corrected chi connectivity index (χ2v) is 9.16. The van der Waals surface area contributed by atoms with Crippen LogP contribution >= 0.6 is 43.6 Å². The van der Waals surface area contributed by atoms with Crippen LogP contribution in [-0.4, -0.2) is 24.2 Å². The Hall–Kier alpha value is -2.43. The van der Waals surface area contributed by atoms with Gasteiger partial charge in [-0.2, -0.15) is 8.78 Å². The lowest BCUT2D eigenvalue weighted by molar-refractivity contribution is -0.119. The molecule has 166 valence electrons. The summed E-state index contributed by atoms with van der Waals surface area (Å²) in [6.45, 7) is -0.463. The monoisotopic (exact) mass is 584 g/mol. The summed E-state index contributed by atoms with van der Waals surface area (Å²) in [5.41, 5.74) is 1.85. The molecule has 0 unspecified atom stereocenters. The van der Waals surface area contributed by atoms with Gasteiger partial charge in [0.15, 0.2) is 6.61 Å². The zero-order valence-electron chi connectivity index (χ0n) is 16.3. The van der Waals surface area contributed by atoms with Crippen LogP contribution in [-0.2, 0) is 9.53 Å². The highest BCUT2D eigenvalue weighted by molar-refractivity contribution is 9.11. The number of alkyl halides is 2. The quantitative estimate of drug-likeness (QED) is 0.219. The fraction of sp³-hybridized carbons (Fsp3) is 0.0909. The minimum atomic E-state index is -2.49. The molecule has 0 spiro atoms. The molecule has 0 saturated carbocycles. The summed E-state index contributed by atoms with van der Waals surface area (Å²) in [5.74, 6) is -3.66. The molecule has 32 heavy (non-hydrogen) atoms. The Morgan fingerprint density at radius 2 is 1.69 bits per heavy atom. The van der Waals surface area contributed by atoms with Crippen molar-refractivity contribution in [3.05, 3.63) is 81.2 Å². The summed E-state index contributed by atoms with van der Waals surface area (Å²) in [5, 5.41) is 5.73. The molecule has 2 N–H and O–H groups in total. The van der Waals surface area contributed by atoms with Crippen LogP contribution in [0.2, 0.25) is 0 Å². The van der Waals surface area contributed by atoms with Crippen molar-refractivity contribution < 1.29 is 23.1 Å². The van der Waals surface area contributed by atoms with Gasteiger partial charge in [0, 0.05) is 19.5 Å². The van der Waals surface area contributed by atoms with Gasteiger partial charge in [0.25, 0.3) is 11.7 Å². The predicted octanol–water partition coefficient (Wildman–Crippen LogP) is 7.07. The first-order valence-electron chi connectivity index (χ1n) is 9.15. The van der Waals surface area contributed by atoms with Gasteiger partial charge in [0.1, 0.15) is 0 Å². The van der Waals surface area contributed by atoms with Gasteiger partial charge in [-0.15, -0.1) is 0 Å². The van der Waals surface area contributed by atoms with Gasteiger partial charge >= 0.3 is 5.97 Å². The Balaban J connectivity index is 1.61. The molecule has 0 saturated heterocycles. The fourth-order valence-electron chi connectivity index (χ4n) is 2.63. The molecular weight excluding hydrogens is 570 g/mol. The zero-order chi connectivity index (χ0) is 23.1. The first-order chi connectivity index (χ1) is 15.3. The topological polar surface area (TPSA) is 67.4 Å². The molecule has 0 aliphatic heterocycles. The molecule has 3 rings (SSSR count). The summed E-state index contributed by atoms with van der Waals surface area (Å²) >= 11 is 7.14. The summed E-state index contributed by atoms with van der Waals surface area (Å²) in [6.07, 6.45) is 0. The average Bonchev–Trinajstić information content (AvgIpc) is 2.75. The normalized spacial score (nSPS) is 10.7. The van der Waals surface area contributed by atoms with Crippen molar-refractivity contribution in [3.8, 4) is 0 Å². The predicted molar refractivity (Wildman–Crippen MR) is 129 cm³/mol. The lowest BCUT2D eigenvalue weighted by atomic mass is 10.1. The second kappa shape index (κ2) is 11.4. The first-order valence-corrected chi connectivity index (χ1v) is 11.6. The van der Waals surface area contributed by atoms with E-state index in [4.69, 9.17) is 4.74 Å². The Morgan fingerprint density at radius 1 is 0.969 bits per heavy atom. The van der Waals surface area contributed by atoms with E-state index in [0.29, 0.717) is 38.2 Å². The van der Waals surface area contributed by atoms with Crippen LogP contribution in [0, 0.1) is 0 Å². The number of halogens is 4. The van der Waals surface area contributed by atoms with Gasteiger partial charge in [-0.3, -0.25) is 4.79 Å². The fourth-order valence-corrected chi connectivity index (χ4v) is 4.28. The number of amides is 1. The standard InChI is InChI=1S/C22H16Br2F2N2O3S/c23-13-5-10-19(17(24)11-13)28-20(29)12-31-21(30)16-3-1-2-4-18(16)27-14-6-8-15(9-7-14)32-22(25)26/h1-11,22,27H,12H2,(H,28,29). The highest BCUT2D eigenvalue weighted by atomic mass is 79.9. The number of ether oxygens (including phenoxy) is 1. The van der Waals surface area contributed by atoms with Crippen molar-refractivity contribution in [2.45, 2.75) is 10.7 Å². The Labute approximate surface area is 204 Å². The minimum Gasteiger partial charge on any atom is -0.452 e. The first kappa shape index (κ1) is 24.2. The van der Waals surface area contributed by atoms with Gasteiger partial charge in [0.05, 0.1) is 16.9 Å². The van der Waals surface area contributed by atoms with Crippen LogP contribution in [0.1, 0.15) is 10.4 Å². The Kier molecular flexibility index (Phi) is 8.66. The molecule has 0 heterocycles. The van der Waals surface area contributed by atoms with E-state index in [0.717, 1.165) is 4.47 Å². The third-order valence-electron chi connectivity index (χ3n) is 4.05. The van der Waals surface area contributed by atoms with E-state index < -0.39 is 24.2 Å². The SMILES string of the molecule is O=C(COC(=O)c1ccccc1Nc1ccc(SC(F)F)cc1)Nc1ccc(Br)cc1Br. The largest absolute Gasteiger partial charge is 0.452 e. The van der Waals surface area contributed by atoms with Crippen molar-refractivity contribution >= 4 is 72.6 Å². The molecule has 1 amide bonds. The third-order valence-corrected chi connectivity index (χ3v) is 5.92. The maximum atomic E-state index is 12.6. The average molecular weight is 586 g/mol. The van der Waals surface area contributed by atoms with Crippen LogP contribution in [0.5, 0.6) is 0 Å². The molecule has 3 aromatic carbocycles. The van der Waals surface area contributed by atoms with Gasteiger partial charge in [0.2, 0.25) is 0 Å². The number of nitrogens with one attached hydrogen (secondary N) is 2. The van der Waals surface area contributed by atoms with Crippen molar-refractivity contribution in [1.29, 1.82) is 0 Å². The second-order valence-electron chi connectivity index (χ2n) is 6.32. The molecule has 5 nitrogen and oxygen atoms in total. The molecular formula is C22H16Br2F2N2O3S. The number of anilines is 3. The van der Waals surface area contributed by atoms with Crippen LogP contribution in [0.25, 0.3) is 0 Å². The molecule has 0 aliphatic rings. The molecule has 0 fully saturated rings. The van der Waals surface area contributed by atoms with E-state index in [1.165, 1.54) is 0 Å². The van der Waals surface area contributed by atoms with E-state index in [9.17, 15) is 18.4 Å². The summed E-state index contributed by atoms with van der Waals surface area (Å²) in [4.78, 5) is 25.2. The van der Waals surface area contributed by atoms with Crippen LogP contribution in [0.3, 0.4) is 0 Å². The smallest absolute Gasteiger partial charge is 0.340 e. The number of hydrogen-bond acceptors (Lipinski definition) is 5. The maximum Gasteiger partial charge on any atom is 0.340 e. The van der Waals surface area contributed by atoms with Gasteiger partial charge in [-0.25, -0.2) is 4.79 Å². The number of thioether (sulfide) groups is 1. The molecule has 0 atom stereocenters.